The van der Waals surface area contributed by atoms with Crippen molar-refractivity contribution in [1.29, 1.82) is 0 Å². The normalized spacial score (nSPS) is 14.8. The molecule has 1 aromatic carbocycles. The molecule has 5 nitrogen and oxygen atoms in total. The van der Waals surface area contributed by atoms with E-state index in [1.807, 2.05) is 6.92 Å². The summed E-state index contributed by atoms with van der Waals surface area (Å²) < 4.78 is 5.23. The minimum Gasteiger partial charge on any atom is -0.508 e. The van der Waals surface area contributed by atoms with Crippen LogP contribution in [-0.2, 0) is 11.2 Å². The predicted octanol–water partition coefficient (Wildman–Crippen LogP) is 1.97. The van der Waals surface area contributed by atoms with E-state index in [2.05, 4.69) is 0 Å². The molecule has 2 heterocycles. The molecule has 1 aliphatic rings. The summed E-state index contributed by atoms with van der Waals surface area (Å²) >= 11 is 0. The molecule has 1 aromatic heterocycles. The van der Waals surface area contributed by atoms with Gasteiger partial charge in [0.25, 0.3) is 0 Å². The van der Waals surface area contributed by atoms with Gasteiger partial charge >= 0.3 is 5.63 Å². The number of phenolic OH excluding ortho intramolecular Hbond substituents is 1. The number of aryl methyl sites for hydroxylation is 1. The highest BCUT2D eigenvalue weighted by molar-refractivity contribution is 5.85. The Morgan fingerprint density at radius 3 is 2.76 bits per heavy atom. The van der Waals surface area contributed by atoms with Crippen LogP contribution in [0.4, 0.5) is 0 Å². The molecule has 0 aliphatic carbocycles. The molecule has 0 bridgehead atoms. The van der Waals surface area contributed by atoms with Gasteiger partial charge in [0, 0.05) is 24.5 Å². The molecule has 0 spiro atoms. The summed E-state index contributed by atoms with van der Waals surface area (Å²) in [5.74, 6) is 0.0203. The van der Waals surface area contributed by atoms with E-state index >= 15 is 0 Å². The molecule has 110 valence electrons. The number of rotatable bonds is 2. The molecule has 0 atom stereocenters. The zero-order valence-electron chi connectivity index (χ0n) is 11.9. The van der Waals surface area contributed by atoms with Crippen LogP contribution in [0.2, 0.25) is 0 Å². The second-order valence-corrected chi connectivity index (χ2v) is 5.44. The fraction of sp³-hybridized carbons (Fsp3) is 0.375. The van der Waals surface area contributed by atoms with Crippen molar-refractivity contribution in [2.45, 2.75) is 26.2 Å². The summed E-state index contributed by atoms with van der Waals surface area (Å²) in [4.78, 5) is 26.1. The summed E-state index contributed by atoms with van der Waals surface area (Å²) in [6.07, 6.45) is 2.12. The number of phenols is 1. The Morgan fingerprint density at radius 1 is 1.33 bits per heavy atom. The Balaban J connectivity index is 2.00. The van der Waals surface area contributed by atoms with Crippen molar-refractivity contribution in [2.24, 2.45) is 0 Å². The lowest BCUT2D eigenvalue weighted by Gasteiger charge is -2.15. The van der Waals surface area contributed by atoms with Gasteiger partial charge in [-0.25, -0.2) is 4.79 Å². The molecule has 1 N–H and O–H groups in total. The van der Waals surface area contributed by atoms with Crippen LogP contribution in [0.5, 0.6) is 5.75 Å². The highest BCUT2D eigenvalue weighted by Crippen LogP contribution is 2.24. The third kappa shape index (κ3) is 2.51. The topological polar surface area (TPSA) is 70.8 Å². The number of amides is 1. The van der Waals surface area contributed by atoms with Crippen LogP contribution in [0, 0.1) is 6.92 Å². The number of hydrogen-bond donors (Lipinski definition) is 1. The summed E-state index contributed by atoms with van der Waals surface area (Å²) in [5, 5.41) is 10.2. The number of aromatic hydroxyl groups is 1. The van der Waals surface area contributed by atoms with Crippen molar-refractivity contribution in [3.8, 4) is 5.75 Å². The number of fused-ring (bicyclic) bond motifs is 1. The van der Waals surface area contributed by atoms with Crippen molar-refractivity contribution < 1.29 is 14.3 Å². The van der Waals surface area contributed by atoms with E-state index in [9.17, 15) is 14.7 Å². The zero-order valence-corrected chi connectivity index (χ0v) is 11.9. The smallest absolute Gasteiger partial charge is 0.340 e. The van der Waals surface area contributed by atoms with E-state index in [4.69, 9.17) is 4.42 Å². The maximum atomic E-state index is 12.2. The molecule has 3 rings (SSSR count). The van der Waals surface area contributed by atoms with Gasteiger partial charge in [-0.3, -0.25) is 4.79 Å². The SMILES string of the molecule is Cc1c(CC(=O)N2CCCC2)c(=O)oc2cc(O)ccc12. The molecule has 1 amide bonds. The average molecular weight is 287 g/mol. The Morgan fingerprint density at radius 2 is 2.05 bits per heavy atom. The number of carbonyl (C=O) groups is 1. The lowest BCUT2D eigenvalue weighted by molar-refractivity contribution is -0.129. The van der Waals surface area contributed by atoms with Crippen molar-refractivity contribution in [1.82, 2.24) is 4.90 Å². The lowest BCUT2D eigenvalue weighted by atomic mass is 10.0. The molecule has 1 saturated heterocycles. The van der Waals surface area contributed by atoms with Gasteiger partial charge in [-0.05, 0) is 37.5 Å². The van der Waals surface area contributed by atoms with Gasteiger partial charge in [0.15, 0.2) is 0 Å². The summed E-state index contributed by atoms with van der Waals surface area (Å²) in [6.45, 7) is 3.35. The maximum Gasteiger partial charge on any atom is 0.340 e. The van der Waals surface area contributed by atoms with E-state index in [-0.39, 0.29) is 18.1 Å². The van der Waals surface area contributed by atoms with E-state index in [0.29, 0.717) is 11.1 Å². The summed E-state index contributed by atoms with van der Waals surface area (Å²) in [5.41, 5.74) is 0.993. The van der Waals surface area contributed by atoms with Gasteiger partial charge < -0.3 is 14.4 Å². The van der Waals surface area contributed by atoms with E-state index in [1.54, 1.807) is 17.0 Å². The Labute approximate surface area is 121 Å². The molecule has 21 heavy (non-hydrogen) atoms. The van der Waals surface area contributed by atoms with E-state index in [1.165, 1.54) is 6.07 Å². The number of likely N-dealkylation sites (tertiary alicyclic amines) is 1. The second-order valence-electron chi connectivity index (χ2n) is 5.44. The molecule has 1 fully saturated rings. The minimum absolute atomic E-state index is 0.0268. The van der Waals surface area contributed by atoms with Crippen LogP contribution in [0.25, 0.3) is 11.0 Å². The zero-order chi connectivity index (χ0) is 15.0. The molecule has 0 unspecified atom stereocenters. The monoisotopic (exact) mass is 287 g/mol. The third-order valence-corrected chi connectivity index (χ3v) is 4.06. The summed E-state index contributed by atoms with van der Waals surface area (Å²) in [7, 11) is 0. The molecule has 2 aromatic rings. The van der Waals surface area contributed by atoms with Gasteiger partial charge in [-0.2, -0.15) is 0 Å². The van der Waals surface area contributed by atoms with Crippen molar-refractivity contribution in [3.63, 3.8) is 0 Å². The molecule has 0 saturated carbocycles. The van der Waals surface area contributed by atoms with E-state index in [0.717, 1.165) is 36.9 Å². The van der Waals surface area contributed by atoms with Gasteiger partial charge in [-0.1, -0.05) is 0 Å². The van der Waals surface area contributed by atoms with Crippen molar-refractivity contribution in [3.05, 3.63) is 39.7 Å². The van der Waals surface area contributed by atoms with Crippen LogP contribution < -0.4 is 5.63 Å². The van der Waals surface area contributed by atoms with Crippen LogP contribution >= 0.6 is 0 Å². The van der Waals surface area contributed by atoms with Crippen LogP contribution in [0.3, 0.4) is 0 Å². The molecular formula is C16H17NO4. The van der Waals surface area contributed by atoms with Gasteiger partial charge in [0.1, 0.15) is 11.3 Å². The number of nitrogens with zero attached hydrogens (tertiary/aromatic N) is 1. The first-order valence-corrected chi connectivity index (χ1v) is 7.09. The number of benzene rings is 1. The van der Waals surface area contributed by atoms with Crippen molar-refractivity contribution >= 4 is 16.9 Å². The Hall–Kier alpha value is -2.30. The van der Waals surface area contributed by atoms with Crippen molar-refractivity contribution in [2.75, 3.05) is 13.1 Å². The van der Waals surface area contributed by atoms with Crippen LogP contribution in [-0.4, -0.2) is 29.0 Å². The highest BCUT2D eigenvalue weighted by atomic mass is 16.4. The quantitative estimate of drug-likeness (QED) is 0.857. The largest absolute Gasteiger partial charge is 0.508 e. The minimum atomic E-state index is -0.502. The van der Waals surface area contributed by atoms with Gasteiger partial charge in [0.2, 0.25) is 5.91 Å². The molecular weight excluding hydrogens is 270 g/mol. The first kappa shape index (κ1) is 13.7. The third-order valence-electron chi connectivity index (χ3n) is 4.06. The predicted molar refractivity (Wildman–Crippen MR) is 78.4 cm³/mol. The van der Waals surface area contributed by atoms with E-state index < -0.39 is 5.63 Å². The first-order chi connectivity index (χ1) is 10.1. The fourth-order valence-corrected chi connectivity index (χ4v) is 2.82. The van der Waals surface area contributed by atoms with Crippen LogP contribution in [0.15, 0.2) is 27.4 Å². The standard InChI is InChI=1S/C16H17NO4/c1-10-12-5-4-11(18)8-14(12)21-16(20)13(10)9-15(19)17-6-2-3-7-17/h4-5,8,18H,2-3,6-7,9H2,1H3. The number of hydrogen-bond acceptors (Lipinski definition) is 4. The maximum absolute atomic E-state index is 12.2. The molecule has 0 radical (unpaired) electrons. The van der Waals surface area contributed by atoms with Crippen LogP contribution in [0.1, 0.15) is 24.0 Å². The molecule has 1 aliphatic heterocycles. The van der Waals surface area contributed by atoms with Gasteiger partial charge in [-0.15, -0.1) is 0 Å². The lowest BCUT2D eigenvalue weighted by Crippen LogP contribution is -2.31. The summed E-state index contributed by atoms with van der Waals surface area (Å²) in [6, 6.07) is 4.66. The first-order valence-electron chi connectivity index (χ1n) is 7.09. The van der Waals surface area contributed by atoms with Gasteiger partial charge in [0.05, 0.1) is 12.0 Å². The average Bonchev–Trinajstić information content (AvgIpc) is 2.97. The highest BCUT2D eigenvalue weighted by Gasteiger charge is 2.21. The Kier molecular flexibility index (Phi) is 3.41. The Bertz CT molecular complexity index is 757. The second kappa shape index (κ2) is 5.24. The molecule has 5 heteroatoms. The number of carbonyl (C=O) groups excluding carboxylic acids is 1. The fourth-order valence-electron chi connectivity index (χ4n) is 2.82.